The van der Waals surface area contributed by atoms with E-state index in [2.05, 4.69) is 43.8 Å². The van der Waals surface area contributed by atoms with E-state index in [-0.39, 0.29) is 0 Å². The number of pyridine rings is 4. The monoisotopic (exact) mass is 413 g/mol. The number of benzene rings is 1. The molecule has 7 aromatic rings. The first kappa shape index (κ1) is 17.1. The molecule has 0 unspecified atom stereocenters. The second kappa shape index (κ2) is 6.46. The summed E-state index contributed by atoms with van der Waals surface area (Å²) in [5, 5.41) is 0.964. The molecule has 0 aliphatic carbocycles. The molecule has 0 saturated heterocycles. The normalized spacial score (nSPS) is 11.8. The molecule has 0 aliphatic heterocycles. The standard InChI is InChI=1S/C26H15N5O/c1-4-16(15-27-11-1)19-8-10-23-24(30-19)18-14-17(7-9-22(18)32-23)31-20-5-2-12-28-25(20)26-21(31)6-3-13-29-26/h1-15H. The van der Waals surface area contributed by atoms with Gasteiger partial charge in [0.2, 0.25) is 0 Å². The van der Waals surface area contributed by atoms with Crippen LogP contribution < -0.4 is 0 Å². The second-order valence-electron chi connectivity index (χ2n) is 7.65. The molecule has 1 aromatic carbocycles. The molecule has 6 heteroatoms. The Morgan fingerprint density at radius 1 is 0.688 bits per heavy atom. The SMILES string of the molecule is c1cncc(-c2ccc3oc4ccc(-n5c6cccnc6c6ncccc65)cc4c3n2)c1. The number of nitrogens with zero attached hydrogens (tertiary/aromatic N) is 5. The van der Waals surface area contributed by atoms with E-state index in [9.17, 15) is 0 Å². The van der Waals surface area contributed by atoms with E-state index >= 15 is 0 Å². The number of hydrogen-bond donors (Lipinski definition) is 0. The van der Waals surface area contributed by atoms with Crippen molar-refractivity contribution in [1.82, 2.24) is 24.5 Å². The third kappa shape index (κ3) is 2.40. The fraction of sp³-hybridized carbons (Fsp3) is 0. The molecule has 0 radical (unpaired) electrons. The molecule has 6 heterocycles. The van der Waals surface area contributed by atoms with Gasteiger partial charge in [0.05, 0.1) is 16.7 Å². The fourth-order valence-electron chi connectivity index (χ4n) is 4.37. The van der Waals surface area contributed by atoms with E-state index in [4.69, 9.17) is 9.40 Å². The molecular weight excluding hydrogens is 398 g/mol. The Bertz CT molecular complexity index is 1730. The lowest BCUT2D eigenvalue weighted by Crippen LogP contribution is -1.93. The van der Waals surface area contributed by atoms with Crippen LogP contribution in [0.15, 0.2) is 95.9 Å². The van der Waals surface area contributed by atoms with Gasteiger partial charge in [0, 0.05) is 41.4 Å². The van der Waals surface area contributed by atoms with Crippen LogP contribution in [-0.2, 0) is 0 Å². The lowest BCUT2D eigenvalue weighted by molar-refractivity contribution is 0.668. The van der Waals surface area contributed by atoms with Crippen molar-refractivity contribution in [2.75, 3.05) is 0 Å². The highest BCUT2D eigenvalue weighted by Crippen LogP contribution is 2.34. The average Bonchev–Trinajstić information content (AvgIpc) is 3.39. The number of aromatic nitrogens is 5. The smallest absolute Gasteiger partial charge is 0.153 e. The largest absolute Gasteiger partial charge is 0.454 e. The second-order valence-corrected chi connectivity index (χ2v) is 7.65. The van der Waals surface area contributed by atoms with Crippen LogP contribution in [0, 0.1) is 0 Å². The van der Waals surface area contributed by atoms with Crippen LogP contribution in [0.5, 0.6) is 0 Å². The van der Waals surface area contributed by atoms with Crippen molar-refractivity contribution < 1.29 is 4.42 Å². The van der Waals surface area contributed by atoms with Crippen molar-refractivity contribution in [3.8, 4) is 16.9 Å². The van der Waals surface area contributed by atoms with Crippen molar-refractivity contribution >= 4 is 44.1 Å². The van der Waals surface area contributed by atoms with Gasteiger partial charge in [0.25, 0.3) is 0 Å². The molecule has 0 saturated carbocycles. The van der Waals surface area contributed by atoms with E-state index < -0.39 is 0 Å². The van der Waals surface area contributed by atoms with Gasteiger partial charge in [-0.25, -0.2) is 4.98 Å². The van der Waals surface area contributed by atoms with E-state index in [0.29, 0.717) is 0 Å². The molecular formula is C26H15N5O. The van der Waals surface area contributed by atoms with Crippen LogP contribution >= 0.6 is 0 Å². The van der Waals surface area contributed by atoms with Gasteiger partial charge in [-0.05, 0) is 66.7 Å². The molecule has 6 aromatic heterocycles. The fourth-order valence-corrected chi connectivity index (χ4v) is 4.37. The summed E-state index contributed by atoms with van der Waals surface area (Å²) in [5.41, 5.74) is 9.04. The summed E-state index contributed by atoms with van der Waals surface area (Å²) >= 11 is 0. The lowest BCUT2D eigenvalue weighted by atomic mass is 10.1. The minimum Gasteiger partial charge on any atom is -0.454 e. The van der Waals surface area contributed by atoms with Crippen LogP contribution in [0.1, 0.15) is 0 Å². The quantitative estimate of drug-likeness (QED) is 0.351. The predicted molar refractivity (Wildman–Crippen MR) is 125 cm³/mol. The first-order chi connectivity index (χ1) is 15.9. The van der Waals surface area contributed by atoms with Crippen molar-refractivity contribution in [2.45, 2.75) is 0 Å². The Labute approximate surface area is 181 Å². The molecule has 0 bridgehead atoms. The molecule has 0 fully saturated rings. The molecule has 0 N–H and O–H groups in total. The van der Waals surface area contributed by atoms with Crippen LogP contribution in [0.3, 0.4) is 0 Å². The summed E-state index contributed by atoms with van der Waals surface area (Å²) < 4.78 is 8.27. The molecule has 0 spiro atoms. The third-order valence-corrected chi connectivity index (χ3v) is 5.79. The van der Waals surface area contributed by atoms with Gasteiger partial charge in [0.1, 0.15) is 22.1 Å². The Balaban J connectivity index is 1.52. The van der Waals surface area contributed by atoms with Gasteiger partial charge in [-0.3, -0.25) is 15.0 Å². The molecule has 0 atom stereocenters. The topological polar surface area (TPSA) is 69.6 Å². The zero-order valence-electron chi connectivity index (χ0n) is 16.8. The number of furan rings is 1. The number of rotatable bonds is 2. The van der Waals surface area contributed by atoms with Crippen molar-refractivity contribution in [3.63, 3.8) is 0 Å². The minimum absolute atomic E-state index is 0.760. The Hall–Kier alpha value is -4.58. The first-order valence-corrected chi connectivity index (χ1v) is 10.3. The van der Waals surface area contributed by atoms with Crippen LogP contribution in [0.2, 0.25) is 0 Å². The highest BCUT2D eigenvalue weighted by atomic mass is 16.3. The van der Waals surface area contributed by atoms with E-state index in [1.807, 2.05) is 48.7 Å². The zero-order valence-corrected chi connectivity index (χ0v) is 16.8. The maximum absolute atomic E-state index is 6.08. The number of hydrogen-bond acceptors (Lipinski definition) is 5. The molecule has 6 nitrogen and oxygen atoms in total. The van der Waals surface area contributed by atoms with E-state index in [0.717, 1.165) is 61.1 Å². The molecule has 0 amide bonds. The summed E-state index contributed by atoms with van der Waals surface area (Å²) in [6, 6.07) is 22.1. The molecule has 0 aliphatic rings. The van der Waals surface area contributed by atoms with Crippen molar-refractivity contribution in [2.24, 2.45) is 0 Å². The van der Waals surface area contributed by atoms with Gasteiger partial charge in [-0.15, -0.1) is 0 Å². The minimum atomic E-state index is 0.760. The summed E-state index contributed by atoms with van der Waals surface area (Å²) in [5.74, 6) is 0. The van der Waals surface area contributed by atoms with Crippen LogP contribution in [0.25, 0.3) is 61.1 Å². The number of fused-ring (bicyclic) bond motifs is 6. The lowest BCUT2D eigenvalue weighted by Gasteiger charge is -2.07. The summed E-state index contributed by atoms with van der Waals surface area (Å²) in [6.07, 6.45) is 7.19. The van der Waals surface area contributed by atoms with Crippen LogP contribution in [0.4, 0.5) is 0 Å². The van der Waals surface area contributed by atoms with Crippen molar-refractivity contribution in [1.29, 1.82) is 0 Å². The van der Waals surface area contributed by atoms with Gasteiger partial charge < -0.3 is 8.98 Å². The Morgan fingerprint density at radius 3 is 2.19 bits per heavy atom. The maximum atomic E-state index is 6.08. The summed E-state index contributed by atoms with van der Waals surface area (Å²) in [7, 11) is 0. The van der Waals surface area contributed by atoms with Gasteiger partial charge >= 0.3 is 0 Å². The highest BCUT2D eigenvalue weighted by Gasteiger charge is 2.16. The van der Waals surface area contributed by atoms with E-state index in [1.165, 1.54) is 0 Å². The summed E-state index contributed by atoms with van der Waals surface area (Å²) in [6.45, 7) is 0. The zero-order chi connectivity index (χ0) is 21.1. The first-order valence-electron chi connectivity index (χ1n) is 10.3. The third-order valence-electron chi connectivity index (χ3n) is 5.79. The van der Waals surface area contributed by atoms with Crippen LogP contribution in [-0.4, -0.2) is 24.5 Å². The maximum Gasteiger partial charge on any atom is 0.153 e. The molecule has 150 valence electrons. The van der Waals surface area contributed by atoms with E-state index in [1.54, 1.807) is 18.6 Å². The highest BCUT2D eigenvalue weighted by molar-refractivity contribution is 6.07. The van der Waals surface area contributed by atoms with Gasteiger partial charge in [-0.2, -0.15) is 0 Å². The van der Waals surface area contributed by atoms with Gasteiger partial charge in [-0.1, -0.05) is 0 Å². The summed E-state index contributed by atoms with van der Waals surface area (Å²) in [4.78, 5) is 18.3. The average molecular weight is 413 g/mol. The van der Waals surface area contributed by atoms with Gasteiger partial charge in [0.15, 0.2) is 5.58 Å². The van der Waals surface area contributed by atoms with Crippen molar-refractivity contribution in [3.05, 3.63) is 91.5 Å². The Kier molecular flexibility index (Phi) is 3.46. The Morgan fingerprint density at radius 2 is 1.44 bits per heavy atom. The predicted octanol–water partition coefficient (Wildman–Crippen LogP) is 5.93. The molecule has 32 heavy (non-hydrogen) atoms. The molecule has 7 rings (SSSR count).